The van der Waals surface area contributed by atoms with Crippen molar-refractivity contribution in [1.82, 2.24) is 5.32 Å². The molecule has 3 N–H and O–H groups in total. The standard InChI is InChI=1S/C18H29NO9/c1-6-7-25-18(16(23)24-5)8-11(21)13(19-10(2)20)15(28-18)14(22)12-9-26-17(3,4)27-12/h6,11-15,21-22H,1,7-9H2,2-5H3,(H,19,20)/t11-,12+,13+,14+,15+,18+/m0/s1. The van der Waals surface area contributed by atoms with Crippen molar-refractivity contribution in [2.24, 2.45) is 0 Å². The Morgan fingerprint density at radius 3 is 2.57 bits per heavy atom. The Morgan fingerprint density at radius 1 is 1.39 bits per heavy atom. The molecule has 28 heavy (non-hydrogen) atoms. The minimum Gasteiger partial charge on any atom is -0.465 e. The fraction of sp³-hybridized carbons (Fsp3) is 0.778. The smallest absolute Gasteiger partial charge is 0.366 e. The van der Waals surface area contributed by atoms with Crippen LogP contribution in [-0.4, -0.2) is 84.4 Å². The third-order valence-electron chi connectivity index (χ3n) is 4.62. The summed E-state index contributed by atoms with van der Waals surface area (Å²) in [6, 6.07) is -1.01. The Bertz CT molecular complexity index is 596. The SMILES string of the molecule is C=CCO[C@]1(C(=O)OC)C[C@H](O)[C@@H](NC(C)=O)[C@H]([C@H](O)[C@H]2COC(C)(C)O2)O1. The Balaban J connectivity index is 2.35. The maximum Gasteiger partial charge on any atom is 0.366 e. The molecular weight excluding hydrogens is 374 g/mol. The molecule has 0 aromatic carbocycles. The van der Waals surface area contributed by atoms with Crippen LogP contribution < -0.4 is 5.32 Å². The van der Waals surface area contributed by atoms with Crippen molar-refractivity contribution in [2.75, 3.05) is 20.3 Å². The van der Waals surface area contributed by atoms with Crippen LogP contribution in [0.2, 0.25) is 0 Å². The van der Waals surface area contributed by atoms with Crippen molar-refractivity contribution >= 4 is 11.9 Å². The fourth-order valence-electron chi connectivity index (χ4n) is 3.39. The monoisotopic (exact) mass is 403 g/mol. The largest absolute Gasteiger partial charge is 0.465 e. The van der Waals surface area contributed by atoms with Crippen molar-refractivity contribution in [3.8, 4) is 0 Å². The molecule has 2 aliphatic rings. The lowest BCUT2D eigenvalue weighted by atomic mass is 9.88. The van der Waals surface area contributed by atoms with E-state index in [1.54, 1.807) is 13.8 Å². The molecule has 2 rings (SSSR count). The first-order valence-corrected chi connectivity index (χ1v) is 9.01. The first-order chi connectivity index (χ1) is 13.0. The molecule has 0 spiro atoms. The average molecular weight is 403 g/mol. The molecular formula is C18H29NO9. The molecule has 2 fully saturated rings. The van der Waals surface area contributed by atoms with Gasteiger partial charge >= 0.3 is 5.97 Å². The number of hydrogen-bond acceptors (Lipinski definition) is 9. The number of hydrogen-bond donors (Lipinski definition) is 3. The van der Waals surface area contributed by atoms with E-state index in [9.17, 15) is 19.8 Å². The van der Waals surface area contributed by atoms with Crippen molar-refractivity contribution in [1.29, 1.82) is 0 Å². The average Bonchev–Trinajstić information content (AvgIpc) is 3.00. The van der Waals surface area contributed by atoms with Gasteiger partial charge in [-0.05, 0) is 13.8 Å². The van der Waals surface area contributed by atoms with Gasteiger partial charge in [0.25, 0.3) is 5.79 Å². The number of nitrogens with one attached hydrogen (secondary N) is 1. The predicted molar refractivity (Wildman–Crippen MR) is 94.9 cm³/mol. The fourth-order valence-corrected chi connectivity index (χ4v) is 3.39. The number of amides is 1. The van der Waals surface area contributed by atoms with Crippen LogP contribution in [0.3, 0.4) is 0 Å². The molecule has 0 saturated carbocycles. The normalized spacial score (nSPS) is 35.8. The second-order valence-electron chi connectivity index (χ2n) is 7.28. The first-order valence-electron chi connectivity index (χ1n) is 9.01. The maximum atomic E-state index is 12.4. The number of ether oxygens (including phenoxy) is 5. The van der Waals surface area contributed by atoms with Crippen molar-refractivity contribution in [2.45, 2.75) is 69.2 Å². The number of methoxy groups -OCH3 is 1. The Kier molecular flexibility index (Phi) is 7.18. The van der Waals surface area contributed by atoms with Crippen LogP contribution in [-0.2, 0) is 33.3 Å². The van der Waals surface area contributed by atoms with E-state index >= 15 is 0 Å². The molecule has 0 radical (unpaired) electrons. The highest BCUT2D eigenvalue weighted by molar-refractivity contribution is 5.78. The van der Waals surface area contributed by atoms with E-state index in [0.29, 0.717) is 0 Å². The van der Waals surface area contributed by atoms with Crippen LogP contribution in [0.25, 0.3) is 0 Å². The van der Waals surface area contributed by atoms with Gasteiger partial charge in [0, 0.05) is 13.3 Å². The van der Waals surface area contributed by atoms with Crippen LogP contribution in [0, 0.1) is 0 Å². The zero-order valence-electron chi connectivity index (χ0n) is 16.5. The van der Waals surface area contributed by atoms with E-state index in [2.05, 4.69) is 11.9 Å². The number of carbonyl (C=O) groups excluding carboxylic acids is 2. The van der Waals surface area contributed by atoms with Crippen LogP contribution in [0.4, 0.5) is 0 Å². The van der Waals surface area contributed by atoms with E-state index < -0.39 is 53.9 Å². The minimum absolute atomic E-state index is 0.0640. The molecule has 2 heterocycles. The molecule has 1 amide bonds. The van der Waals surface area contributed by atoms with Gasteiger partial charge in [0.15, 0.2) is 5.79 Å². The van der Waals surface area contributed by atoms with Gasteiger partial charge in [-0.1, -0.05) is 6.08 Å². The van der Waals surface area contributed by atoms with Gasteiger partial charge in [0.2, 0.25) is 5.91 Å². The first kappa shape index (κ1) is 22.7. The number of esters is 1. The summed E-state index contributed by atoms with van der Waals surface area (Å²) >= 11 is 0. The Hall–Kier alpha value is -1.56. The van der Waals surface area contributed by atoms with Crippen LogP contribution >= 0.6 is 0 Å². The summed E-state index contributed by atoms with van der Waals surface area (Å²) in [5.41, 5.74) is 0. The summed E-state index contributed by atoms with van der Waals surface area (Å²) in [5, 5.41) is 24.1. The van der Waals surface area contributed by atoms with E-state index in [1.807, 2.05) is 0 Å². The highest BCUT2D eigenvalue weighted by Crippen LogP contribution is 2.36. The molecule has 160 valence electrons. The van der Waals surface area contributed by atoms with Crippen molar-refractivity contribution in [3.05, 3.63) is 12.7 Å². The third kappa shape index (κ3) is 4.88. The molecule has 2 saturated heterocycles. The molecule has 0 aliphatic carbocycles. The highest BCUT2D eigenvalue weighted by atomic mass is 16.8. The topological polar surface area (TPSA) is 133 Å². The highest BCUT2D eigenvalue weighted by Gasteiger charge is 2.57. The van der Waals surface area contributed by atoms with Gasteiger partial charge in [-0.3, -0.25) is 4.79 Å². The van der Waals surface area contributed by atoms with Gasteiger partial charge in [0.1, 0.15) is 18.3 Å². The molecule has 0 aromatic rings. The number of aliphatic hydroxyl groups excluding tert-OH is 2. The summed E-state index contributed by atoms with van der Waals surface area (Å²) in [6.07, 6.45) is -3.56. The van der Waals surface area contributed by atoms with E-state index in [-0.39, 0.29) is 19.6 Å². The summed E-state index contributed by atoms with van der Waals surface area (Å²) in [7, 11) is 1.15. The number of aliphatic hydroxyl groups is 2. The zero-order chi connectivity index (χ0) is 21.1. The number of carbonyl (C=O) groups is 2. The molecule has 2 aliphatic heterocycles. The van der Waals surface area contributed by atoms with Gasteiger partial charge < -0.3 is 39.2 Å². The summed E-state index contributed by atoms with van der Waals surface area (Å²) in [4.78, 5) is 24.0. The van der Waals surface area contributed by atoms with E-state index in [4.69, 9.17) is 23.7 Å². The van der Waals surface area contributed by atoms with Crippen molar-refractivity contribution < 1.29 is 43.5 Å². The van der Waals surface area contributed by atoms with Gasteiger partial charge in [0.05, 0.1) is 32.5 Å². The number of rotatable bonds is 7. The minimum atomic E-state index is -1.97. The molecule has 0 aromatic heterocycles. The lowest BCUT2D eigenvalue weighted by molar-refractivity contribution is -0.310. The van der Waals surface area contributed by atoms with E-state index in [0.717, 1.165) is 7.11 Å². The van der Waals surface area contributed by atoms with Gasteiger partial charge in [-0.15, -0.1) is 6.58 Å². The quantitative estimate of drug-likeness (QED) is 0.370. The zero-order valence-corrected chi connectivity index (χ0v) is 16.5. The van der Waals surface area contributed by atoms with Crippen LogP contribution in [0.5, 0.6) is 0 Å². The van der Waals surface area contributed by atoms with Gasteiger partial charge in [-0.2, -0.15) is 0 Å². The second kappa shape index (κ2) is 8.85. The predicted octanol–water partition coefficient (Wildman–Crippen LogP) is -0.775. The Labute approximate surface area is 163 Å². The van der Waals surface area contributed by atoms with Gasteiger partial charge in [-0.25, -0.2) is 4.79 Å². The Morgan fingerprint density at radius 2 is 2.07 bits per heavy atom. The maximum absolute atomic E-state index is 12.4. The van der Waals surface area contributed by atoms with E-state index in [1.165, 1.54) is 13.0 Å². The molecule has 6 atom stereocenters. The molecule has 10 nitrogen and oxygen atoms in total. The molecule has 10 heteroatoms. The summed E-state index contributed by atoms with van der Waals surface area (Å²) in [6.45, 7) is 8.18. The van der Waals surface area contributed by atoms with Crippen LogP contribution in [0.15, 0.2) is 12.7 Å². The lowest BCUT2D eigenvalue weighted by Crippen LogP contribution is -2.68. The summed E-state index contributed by atoms with van der Waals surface area (Å²) < 4.78 is 27.3. The molecule has 0 unspecified atom stereocenters. The summed E-state index contributed by atoms with van der Waals surface area (Å²) in [5.74, 6) is -4.21. The van der Waals surface area contributed by atoms with Crippen molar-refractivity contribution in [3.63, 3.8) is 0 Å². The van der Waals surface area contributed by atoms with Crippen LogP contribution in [0.1, 0.15) is 27.2 Å². The molecule has 0 bridgehead atoms. The lowest BCUT2D eigenvalue weighted by Gasteiger charge is -2.46. The third-order valence-corrected chi connectivity index (χ3v) is 4.62. The second-order valence-corrected chi connectivity index (χ2v) is 7.28.